The molecule has 0 radical (unpaired) electrons. The Balaban J connectivity index is 1.28. The zero-order valence-electron chi connectivity index (χ0n) is 20.7. The fourth-order valence-corrected chi connectivity index (χ4v) is 5.22. The van der Waals surface area contributed by atoms with E-state index in [2.05, 4.69) is 33.0 Å². The van der Waals surface area contributed by atoms with Crippen LogP contribution >= 0.6 is 15.9 Å². The SMILES string of the molecule is CCOc1cc(-c2ccc(F)cc2)c(C2CC2)cc1CN1CCN(C(=O)Cc2ccc(Br)cc2)CC1. The fraction of sp³-hybridized carbons (Fsp3) is 0.367. The van der Waals surface area contributed by atoms with Gasteiger partial charge in [0.25, 0.3) is 0 Å². The summed E-state index contributed by atoms with van der Waals surface area (Å²) in [5.41, 5.74) is 5.75. The van der Waals surface area contributed by atoms with E-state index in [1.807, 2.05) is 48.2 Å². The van der Waals surface area contributed by atoms with Gasteiger partial charge in [0.1, 0.15) is 11.6 Å². The Hall–Kier alpha value is -2.70. The molecule has 1 saturated carbocycles. The van der Waals surface area contributed by atoms with Crippen molar-refractivity contribution in [2.45, 2.75) is 38.6 Å². The maximum absolute atomic E-state index is 13.5. The number of hydrogen-bond acceptors (Lipinski definition) is 3. The van der Waals surface area contributed by atoms with Crippen LogP contribution in [0.2, 0.25) is 0 Å². The molecule has 1 aliphatic heterocycles. The lowest BCUT2D eigenvalue weighted by Gasteiger charge is -2.35. The molecular weight excluding hydrogens is 519 g/mol. The molecule has 6 heteroatoms. The number of ether oxygens (including phenoxy) is 1. The molecular formula is C30H32BrFN2O2. The first-order chi connectivity index (χ1) is 17.5. The van der Waals surface area contributed by atoms with Crippen LogP contribution in [-0.4, -0.2) is 48.5 Å². The van der Waals surface area contributed by atoms with Crippen molar-refractivity contribution in [2.24, 2.45) is 0 Å². The van der Waals surface area contributed by atoms with Gasteiger partial charge in [-0.2, -0.15) is 0 Å². The van der Waals surface area contributed by atoms with E-state index in [1.165, 1.54) is 36.1 Å². The van der Waals surface area contributed by atoms with Crippen LogP contribution < -0.4 is 4.74 Å². The smallest absolute Gasteiger partial charge is 0.227 e. The van der Waals surface area contributed by atoms with Crippen molar-refractivity contribution in [3.8, 4) is 16.9 Å². The minimum Gasteiger partial charge on any atom is -0.494 e. The molecule has 0 aromatic heterocycles. The van der Waals surface area contributed by atoms with Crippen molar-refractivity contribution in [1.82, 2.24) is 9.80 Å². The minimum atomic E-state index is -0.220. The molecule has 0 bridgehead atoms. The highest BCUT2D eigenvalue weighted by molar-refractivity contribution is 9.10. The Bertz CT molecular complexity index is 1200. The number of amides is 1. The van der Waals surface area contributed by atoms with Gasteiger partial charge in [0.05, 0.1) is 13.0 Å². The molecule has 0 spiro atoms. The second-order valence-corrected chi connectivity index (χ2v) is 10.6. The Morgan fingerprint density at radius 2 is 1.69 bits per heavy atom. The zero-order valence-corrected chi connectivity index (χ0v) is 22.3. The van der Waals surface area contributed by atoms with Crippen molar-refractivity contribution in [3.63, 3.8) is 0 Å². The predicted octanol–water partition coefficient (Wildman–Crippen LogP) is 6.42. The second kappa shape index (κ2) is 11.1. The van der Waals surface area contributed by atoms with Crippen LogP contribution in [0.15, 0.2) is 65.1 Å². The fourth-order valence-electron chi connectivity index (χ4n) is 4.95. The highest BCUT2D eigenvalue weighted by atomic mass is 79.9. The summed E-state index contributed by atoms with van der Waals surface area (Å²) >= 11 is 3.45. The number of benzene rings is 3. The summed E-state index contributed by atoms with van der Waals surface area (Å²) in [6, 6.07) is 19.2. The molecule has 1 heterocycles. The quantitative estimate of drug-likeness (QED) is 0.324. The summed E-state index contributed by atoms with van der Waals surface area (Å²) in [6.07, 6.45) is 2.83. The molecule has 2 fully saturated rings. The van der Waals surface area contributed by atoms with Crippen molar-refractivity contribution in [1.29, 1.82) is 0 Å². The van der Waals surface area contributed by atoms with Crippen LogP contribution in [0.1, 0.15) is 42.4 Å². The lowest BCUT2D eigenvalue weighted by molar-refractivity contribution is -0.132. The number of rotatable bonds is 8. The van der Waals surface area contributed by atoms with Crippen molar-refractivity contribution in [3.05, 3.63) is 87.6 Å². The minimum absolute atomic E-state index is 0.187. The highest BCUT2D eigenvalue weighted by Crippen LogP contribution is 2.46. The standard InChI is InChI=1S/C30H32BrFN2O2/c1-2-36-29-19-28(23-7-11-26(32)12-8-23)27(22-5-6-22)18-24(29)20-33-13-15-34(16-14-33)30(35)17-21-3-9-25(31)10-4-21/h3-4,7-12,18-19,22H,2,5-6,13-17,20H2,1H3. The number of halogens is 2. The van der Waals surface area contributed by atoms with E-state index >= 15 is 0 Å². The lowest BCUT2D eigenvalue weighted by atomic mass is 9.93. The Labute approximate surface area is 221 Å². The third-order valence-corrected chi connectivity index (χ3v) is 7.62. The van der Waals surface area contributed by atoms with Gasteiger partial charge >= 0.3 is 0 Å². The summed E-state index contributed by atoms with van der Waals surface area (Å²) in [7, 11) is 0. The average Bonchev–Trinajstić information content (AvgIpc) is 3.73. The molecule has 2 aliphatic rings. The van der Waals surface area contributed by atoms with E-state index in [1.54, 1.807) is 0 Å². The number of hydrogen-bond donors (Lipinski definition) is 0. The molecule has 1 aliphatic carbocycles. The van der Waals surface area contributed by atoms with E-state index < -0.39 is 0 Å². The first-order valence-electron chi connectivity index (χ1n) is 12.8. The van der Waals surface area contributed by atoms with Crippen LogP contribution in [0.5, 0.6) is 5.75 Å². The van der Waals surface area contributed by atoms with E-state index in [4.69, 9.17) is 4.74 Å². The first-order valence-corrected chi connectivity index (χ1v) is 13.6. The predicted molar refractivity (Wildman–Crippen MR) is 145 cm³/mol. The lowest BCUT2D eigenvalue weighted by Crippen LogP contribution is -2.48. The van der Waals surface area contributed by atoms with Crippen LogP contribution in [-0.2, 0) is 17.8 Å². The van der Waals surface area contributed by atoms with Gasteiger partial charge in [0.15, 0.2) is 0 Å². The average molecular weight is 552 g/mol. The van der Waals surface area contributed by atoms with E-state index in [0.717, 1.165) is 59.6 Å². The number of nitrogens with zero attached hydrogens (tertiary/aromatic N) is 2. The van der Waals surface area contributed by atoms with Crippen molar-refractivity contribution < 1.29 is 13.9 Å². The molecule has 0 atom stereocenters. The van der Waals surface area contributed by atoms with E-state index in [9.17, 15) is 9.18 Å². The molecule has 0 N–H and O–H groups in total. The summed E-state index contributed by atoms with van der Waals surface area (Å²) in [5, 5.41) is 0. The molecule has 4 nitrogen and oxygen atoms in total. The maximum atomic E-state index is 13.5. The molecule has 3 aromatic rings. The van der Waals surface area contributed by atoms with Gasteiger partial charge in [-0.05, 0) is 84.3 Å². The first kappa shape index (κ1) is 25.0. The Morgan fingerprint density at radius 1 is 1.00 bits per heavy atom. The molecule has 1 saturated heterocycles. The van der Waals surface area contributed by atoms with Gasteiger partial charge in [0.2, 0.25) is 5.91 Å². The third kappa shape index (κ3) is 5.98. The van der Waals surface area contributed by atoms with Gasteiger partial charge in [-0.15, -0.1) is 0 Å². The van der Waals surface area contributed by atoms with Crippen LogP contribution in [0, 0.1) is 5.82 Å². The molecule has 36 heavy (non-hydrogen) atoms. The van der Waals surface area contributed by atoms with Crippen LogP contribution in [0.3, 0.4) is 0 Å². The monoisotopic (exact) mass is 550 g/mol. The van der Waals surface area contributed by atoms with Crippen molar-refractivity contribution >= 4 is 21.8 Å². The molecule has 0 unspecified atom stereocenters. The molecule has 1 amide bonds. The van der Waals surface area contributed by atoms with Gasteiger partial charge in [-0.3, -0.25) is 9.69 Å². The second-order valence-electron chi connectivity index (χ2n) is 9.72. The molecule has 188 valence electrons. The van der Waals surface area contributed by atoms with Gasteiger partial charge in [-0.25, -0.2) is 4.39 Å². The topological polar surface area (TPSA) is 32.8 Å². The summed E-state index contributed by atoms with van der Waals surface area (Å²) in [4.78, 5) is 17.2. The normalized spacial score (nSPS) is 16.2. The van der Waals surface area contributed by atoms with Crippen LogP contribution in [0.25, 0.3) is 11.1 Å². The Morgan fingerprint density at radius 3 is 2.33 bits per heavy atom. The highest BCUT2D eigenvalue weighted by Gasteiger charge is 2.29. The van der Waals surface area contributed by atoms with Crippen LogP contribution in [0.4, 0.5) is 4.39 Å². The third-order valence-electron chi connectivity index (χ3n) is 7.09. The Kier molecular flexibility index (Phi) is 7.73. The number of carbonyl (C=O) groups excluding carboxylic acids is 1. The molecule has 3 aromatic carbocycles. The summed E-state index contributed by atoms with van der Waals surface area (Å²) < 4.78 is 20.7. The molecule has 5 rings (SSSR count). The van der Waals surface area contributed by atoms with E-state index in [0.29, 0.717) is 18.9 Å². The van der Waals surface area contributed by atoms with Gasteiger partial charge < -0.3 is 9.64 Å². The number of carbonyl (C=O) groups is 1. The van der Waals surface area contributed by atoms with Crippen molar-refractivity contribution in [2.75, 3.05) is 32.8 Å². The largest absolute Gasteiger partial charge is 0.494 e. The maximum Gasteiger partial charge on any atom is 0.227 e. The number of piperazine rings is 1. The zero-order chi connectivity index (χ0) is 25.1. The van der Waals surface area contributed by atoms with E-state index in [-0.39, 0.29) is 11.7 Å². The van der Waals surface area contributed by atoms with Gasteiger partial charge in [0, 0.05) is 42.8 Å². The summed E-state index contributed by atoms with van der Waals surface area (Å²) in [5.74, 6) is 1.43. The van der Waals surface area contributed by atoms with Gasteiger partial charge in [-0.1, -0.05) is 40.2 Å². The summed E-state index contributed by atoms with van der Waals surface area (Å²) in [6.45, 7) is 6.56.